The number of aliphatic carboxylic acids is 1. The third kappa shape index (κ3) is 3.02. The van der Waals surface area contributed by atoms with Gasteiger partial charge in [-0.15, -0.1) is 12.6 Å². The molecule has 15 heavy (non-hydrogen) atoms. The minimum absolute atomic E-state index is 0.000839. The highest BCUT2D eigenvalue weighted by molar-refractivity contribution is 7.85. The predicted molar refractivity (Wildman–Crippen MR) is 62.3 cm³/mol. The van der Waals surface area contributed by atoms with Gasteiger partial charge in [-0.05, 0) is 30.2 Å². The van der Waals surface area contributed by atoms with Crippen LogP contribution in [-0.4, -0.2) is 18.2 Å². The van der Waals surface area contributed by atoms with E-state index >= 15 is 0 Å². The summed E-state index contributed by atoms with van der Waals surface area (Å²) in [5.41, 5.74) is 1.76. The number of thiol groups is 1. The van der Waals surface area contributed by atoms with Gasteiger partial charge in [0.1, 0.15) is 5.75 Å². The van der Waals surface area contributed by atoms with Crippen molar-refractivity contribution in [3.8, 4) is 5.75 Å². The number of carboxylic acids is 1. The van der Waals surface area contributed by atoms with E-state index in [1.807, 2.05) is 19.1 Å². The van der Waals surface area contributed by atoms with Crippen LogP contribution in [0, 0.1) is 6.92 Å². The highest BCUT2D eigenvalue weighted by atomic mass is 32.1. The molecular formula is C11H12O3S. The first-order valence-electron chi connectivity index (χ1n) is 4.33. The molecule has 0 heterocycles. The van der Waals surface area contributed by atoms with Crippen molar-refractivity contribution in [2.24, 2.45) is 0 Å². The van der Waals surface area contributed by atoms with Crippen LogP contribution in [0.25, 0.3) is 6.08 Å². The molecule has 0 aliphatic heterocycles. The number of ether oxygens (including phenoxy) is 1. The van der Waals surface area contributed by atoms with Gasteiger partial charge in [0.15, 0.2) is 0 Å². The fraction of sp³-hybridized carbons (Fsp3) is 0.182. The lowest BCUT2D eigenvalue weighted by Crippen LogP contribution is -1.93. The Kier molecular flexibility index (Phi) is 3.80. The number of benzene rings is 1. The Morgan fingerprint density at radius 3 is 2.73 bits per heavy atom. The minimum Gasteiger partial charge on any atom is -0.496 e. The summed E-state index contributed by atoms with van der Waals surface area (Å²) in [4.78, 5) is 10.5. The van der Waals surface area contributed by atoms with E-state index in [2.05, 4.69) is 12.6 Å². The number of methoxy groups -OCH3 is 1. The van der Waals surface area contributed by atoms with E-state index in [0.29, 0.717) is 0 Å². The van der Waals surface area contributed by atoms with Gasteiger partial charge in [0, 0.05) is 0 Å². The summed E-state index contributed by atoms with van der Waals surface area (Å²) in [6.07, 6.45) is 1.48. The average Bonchev–Trinajstić information content (AvgIpc) is 2.20. The van der Waals surface area contributed by atoms with Crippen molar-refractivity contribution >= 4 is 24.7 Å². The molecule has 0 bridgehead atoms. The van der Waals surface area contributed by atoms with Gasteiger partial charge in [0.2, 0.25) is 0 Å². The highest BCUT2D eigenvalue weighted by Crippen LogP contribution is 2.21. The fourth-order valence-corrected chi connectivity index (χ4v) is 1.30. The summed E-state index contributed by atoms with van der Waals surface area (Å²) < 4.78 is 5.13. The molecule has 0 saturated carbocycles. The Labute approximate surface area is 93.8 Å². The van der Waals surface area contributed by atoms with Crippen LogP contribution < -0.4 is 4.74 Å². The first kappa shape index (κ1) is 11.7. The molecule has 0 spiro atoms. The Hall–Kier alpha value is -1.42. The van der Waals surface area contributed by atoms with Gasteiger partial charge in [-0.1, -0.05) is 12.1 Å². The second-order valence-corrected chi connectivity index (χ2v) is 3.55. The first-order valence-corrected chi connectivity index (χ1v) is 4.78. The van der Waals surface area contributed by atoms with E-state index in [9.17, 15) is 4.79 Å². The lowest BCUT2D eigenvalue weighted by Gasteiger charge is -2.05. The molecule has 0 aliphatic carbocycles. The Morgan fingerprint density at radius 1 is 1.53 bits per heavy atom. The van der Waals surface area contributed by atoms with Crippen molar-refractivity contribution in [3.05, 3.63) is 34.2 Å². The molecule has 0 fully saturated rings. The number of aryl methyl sites for hydroxylation is 1. The van der Waals surface area contributed by atoms with Crippen LogP contribution in [-0.2, 0) is 4.79 Å². The van der Waals surface area contributed by atoms with Crippen LogP contribution in [0.3, 0.4) is 0 Å². The third-order valence-electron chi connectivity index (χ3n) is 1.95. The van der Waals surface area contributed by atoms with Crippen molar-refractivity contribution in [2.45, 2.75) is 6.92 Å². The molecule has 1 N–H and O–H groups in total. The monoisotopic (exact) mass is 224 g/mol. The lowest BCUT2D eigenvalue weighted by atomic mass is 10.1. The second-order valence-electron chi connectivity index (χ2n) is 3.06. The molecule has 1 aromatic rings. The standard InChI is InChI=1S/C11H12O3S/c1-7-3-4-8(5-9(7)14-2)6-10(15)11(12)13/h3-6,15H,1-2H3,(H,12,13)/b10-6-. The van der Waals surface area contributed by atoms with E-state index < -0.39 is 5.97 Å². The van der Waals surface area contributed by atoms with Crippen molar-refractivity contribution in [3.63, 3.8) is 0 Å². The fourth-order valence-electron chi connectivity index (χ4n) is 1.15. The second kappa shape index (κ2) is 4.89. The van der Waals surface area contributed by atoms with Crippen LogP contribution in [0.15, 0.2) is 23.1 Å². The molecule has 0 saturated heterocycles. The van der Waals surface area contributed by atoms with Crippen molar-refractivity contribution in [1.29, 1.82) is 0 Å². The van der Waals surface area contributed by atoms with Gasteiger partial charge >= 0.3 is 5.97 Å². The molecule has 3 nitrogen and oxygen atoms in total. The molecule has 0 unspecified atom stereocenters. The van der Waals surface area contributed by atoms with Gasteiger partial charge < -0.3 is 9.84 Å². The van der Waals surface area contributed by atoms with Gasteiger partial charge in [-0.25, -0.2) is 4.79 Å². The topological polar surface area (TPSA) is 46.5 Å². The first-order chi connectivity index (χ1) is 7.04. The quantitative estimate of drug-likeness (QED) is 0.612. The maximum absolute atomic E-state index is 10.5. The predicted octanol–water partition coefficient (Wildman–Crippen LogP) is 2.36. The van der Waals surface area contributed by atoms with E-state index in [0.717, 1.165) is 16.9 Å². The van der Waals surface area contributed by atoms with E-state index in [1.165, 1.54) is 6.08 Å². The number of carboxylic acid groups (broad SMARTS) is 1. The normalized spacial score (nSPS) is 11.3. The molecule has 0 aromatic heterocycles. The molecule has 1 aromatic carbocycles. The molecule has 0 amide bonds. The smallest absolute Gasteiger partial charge is 0.341 e. The van der Waals surface area contributed by atoms with Crippen LogP contribution in [0.2, 0.25) is 0 Å². The maximum Gasteiger partial charge on any atom is 0.341 e. The highest BCUT2D eigenvalue weighted by Gasteiger charge is 2.03. The Balaban J connectivity index is 3.07. The molecule has 0 atom stereocenters. The summed E-state index contributed by atoms with van der Waals surface area (Å²) in [6, 6.07) is 5.46. The number of carbonyl (C=O) groups is 1. The zero-order valence-corrected chi connectivity index (χ0v) is 9.41. The Morgan fingerprint density at radius 2 is 2.20 bits per heavy atom. The van der Waals surface area contributed by atoms with Crippen molar-refractivity contribution in [1.82, 2.24) is 0 Å². The van der Waals surface area contributed by atoms with Crippen molar-refractivity contribution in [2.75, 3.05) is 7.11 Å². The van der Waals surface area contributed by atoms with Crippen LogP contribution in [0.1, 0.15) is 11.1 Å². The molecule has 1 rings (SSSR count). The van der Waals surface area contributed by atoms with Crippen LogP contribution >= 0.6 is 12.6 Å². The minimum atomic E-state index is -1.04. The average molecular weight is 224 g/mol. The lowest BCUT2D eigenvalue weighted by molar-refractivity contribution is -0.131. The van der Waals surface area contributed by atoms with E-state index in [1.54, 1.807) is 13.2 Å². The van der Waals surface area contributed by atoms with Gasteiger partial charge in [-0.3, -0.25) is 0 Å². The van der Waals surface area contributed by atoms with Crippen molar-refractivity contribution < 1.29 is 14.6 Å². The van der Waals surface area contributed by atoms with E-state index in [-0.39, 0.29) is 4.91 Å². The molecule has 0 aliphatic rings. The Bertz CT molecular complexity index is 410. The summed E-state index contributed by atoms with van der Waals surface area (Å²) in [5, 5.41) is 8.65. The van der Waals surface area contributed by atoms with Gasteiger partial charge in [-0.2, -0.15) is 0 Å². The zero-order chi connectivity index (χ0) is 11.4. The summed E-state index contributed by atoms with van der Waals surface area (Å²) >= 11 is 3.85. The van der Waals surface area contributed by atoms with Crippen LogP contribution in [0.5, 0.6) is 5.75 Å². The SMILES string of the molecule is COc1cc(/C=C(\S)C(=O)O)ccc1C. The van der Waals surface area contributed by atoms with Crippen LogP contribution in [0.4, 0.5) is 0 Å². The number of hydrogen-bond acceptors (Lipinski definition) is 3. The summed E-state index contributed by atoms with van der Waals surface area (Å²) in [7, 11) is 1.58. The summed E-state index contributed by atoms with van der Waals surface area (Å²) in [5.74, 6) is -0.312. The third-order valence-corrected chi connectivity index (χ3v) is 2.28. The molecule has 0 radical (unpaired) electrons. The molecular weight excluding hydrogens is 212 g/mol. The number of hydrogen-bond donors (Lipinski definition) is 2. The number of rotatable bonds is 3. The summed E-state index contributed by atoms with van der Waals surface area (Å²) in [6.45, 7) is 1.92. The zero-order valence-electron chi connectivity index (χ0n) is 8.52. The van der Waals surface area contributed by atoms with Gasteiger partial charge in [0.25, 0.3) is 0 Å². The van der Waals surface area contributed by atoms with E-state index in [4.69, 9.17) is 9.84 Å². The maximum atomic E-state index is 10.5. The largest absolute Gasteiger partial charge is 0.496 e. The van der Waals surface area contributed by atoms with Gasteiger partial charge in [0.05, 0.1) is 12.0 Å². The molecule has 4 heteroatoms. The molecule has 80 valence electrons.